The Bertz CT molecular complexity index is 1330. The lowest BCUT2D eigenvalue weighted by molar-refractivity contribution is -0.106. The summed E-state index contributed by atoms with van der Waals surface area (Å²) < 4.78 is 36.0. The molecule has 208 valence electrons. The monoisotopic (exact) mass is 549 g/mol. The maximum Gasteiger partial charge on any atom is 0.410 e. The molecule has 2 aromatic rings. The van der Waals surface area contributed by atoms with Gasteiger partial charge < -0.3 is 14.4 Å². The van der Waals surface area contributed by atoms with E-state index < -0.39 is 9.84 Å². The molecule has 4 aliphatic carbocycles. The summed E-state index contributed by atoms with van der Waals surface area (Å²) >= 11 is 0. The van der Waals surface area contributed by atoms with Crippen LogP contribution in [0.25, 0.3) is 11.1 Å². The van der Waals surface area contributed by atoms with Gasteiger partial charge in [0.2, 0.25) is 0 Å². The Hall–Kier alpha value is -2.54. The first kappa shape index (κ1) is 25.4. The van der Waals surface area contributed by atoms with Crippen LogP contribution < -0.4 is 4.74 Å². The summed E-state index contributed by atoms with van der Waals surface area (Å²) in [7, 11) is -3.04. The zero-order valence-electron chi connectivity index (χ0n) is 22.8. The average Bonchev–Trinajstić information content (AvgIpc) is 2.90. The number of aryl methyl sites for hydroxylation is 1. The van der Waals surface area contributed by atoms with E-state index in [9.17, 15) is 13.2 Å². The zero-order chi connectivity index (χ0) is 26.8. The number of amides is 1. The summed E-state index contributed by atoms with van der Waals surface area (Å²) in [5.74, 6) is 3.96. The molecule has 4 saturated carbocycles. The van der Waals surface area contributed by atoms with Crippen molar-refractivity contribution in [1.82, 2.24) is 4.90 Å². The van der Waals surface area contributed by atoms with Gasteiger partial charge in [0.1, 0.15) is 17.5 Å². The largest absolute Gasteiger partial charge is 0.487 e. The van der Waals surface area contributed by atoms with Crippen molar-refractivity contribution in [1.29, 1.82) is 0 Å². The number of hydrogen-bond acceptors (Lipinski definition) is 5. The molecule has 0 N–H and O–H groups in total. The summed E-state index contributed by atoms with van der Waals surface area (Å²) in [5.41, 5.74) is 3.99. The van der Waals surface area contributed by atoms with Crippen LogP contribution in [-0.4, -0.2) is 50.5 Å². The molecule has 2 heterocycles. The highest BCUT2D eigenvalue weighted by Crippen LogP contribution is 2.54. The number of piperidine rings is 1. The van der Waals surface area contributed by atoms with Gasteiger partial charge in [-0.1, -0.05) is 30.3 Å². The molecule has 0 aromatic heterocycles. The molecule has 6 aliphatic rings. The fourth-order valence-electron chi connectivity index (χ4n) is 8.50. The molecular weight excluding hydrogens is 510 g/mol. The van der Waals surface area contributed by atoms with Crippen LogP contribution in [0.1, 0.15) is 62.5 Å². The molecule has 1 spiro atoms. The number of nitrogens with zero attached hydrogens (tertiary/aromatic N) is 1. The van der Waals surface area contributed by atoms with Crippen LogP contribution in [-0.2, 0) is 26.7 Å². The second-order valence-corrected chi connectivity index (χ2v) is 15.3. The summed E-state index contributed by atoms with van der Waals surface area (Å²) in [6, 6.07) is 14.1. The normalized spacial score (nSPS) is 30.6. The molecular formula is C32H39NO5S. The Morgan fingerprint density at radius 1 is 0.923 bits per heavy atom. The smallest absolute Gasteiger partial charge is 0.410 e. The standard InChI is InChI=1S/C32H39NO5S/c1-39(35,36)20-21-2-4-24(5-3-21)25-6-7-29-26(19-25)8-9-32(38-29)10-12-33(13-11-32)31(34)37-30-27-15-22-14-23(17-27)18-28(30)16-22/h2-7,19,22-23,27-28,30H,8-18,20H2,1H3. The Morgan fingerprint density at radius 2 is 1.56 bits per heavy atom. The van der Waals surface area contributed by atoms with Crippen LogP contribution in [0.3, 0.4) is 0 Å². The molecule has 0 radical (unpaired) electrons. The van der Waals surface area contributed by atoms with E-state index in [0.717, 1.165) is 60.0 Å². The number of likely N-dealkylation sites (tertiary alicyclic amines) is 1. The van der Waals surface area contributed by atoms with Gasteiger partial charge in [-0.2, -0.15) is 0 Å². The Morgan fingerprint density at radius 3 is 2.21 bits per heavy atom. The molecule has 1 amide bonds. The van der Waals surface area contributed by atoms with E-state index >= 15 is 0 Å². The number of carbonyl (C=O) groups excluding carboxylic acids is 1. The van der Waals surface area contributed by atoms with Gasteiger partial charge in [-0.25, -0.2) is 13.2 Å². The molecule has 0 atom stereocenters. The van der Waals surface area contributed by atoms with Gasteiger partial charge in [0.25, 0.3) is 0 Å². The third-order valence-corrected chi connectivity index (χ3v) is 11.1. The fraction of sp³-hybridized carbons (Fsp3) is 0.594. The molecule has 2 aromatic carbocycles. The van der Waals surface area contributed by atoms with Crippen LogP contribution in [0.2, 0.25) is 0 Å². The molecule has 1 saturated heterocycles. The van der Waals surface area contributed by atoms with Gasteiger partial charge >= 0.3 is 6.09 Å². The van der Waals surface area contributed by atoms with Crippen molar-refractivity contribution in [3.63, 3.8) is 0 Å². The van der Waals surface area contributed by atoms with Gasteiger partial charge in [-0.15, -0.1) is 0 Å². The van der Waals surface area contributed by atoms with Crippen LogP contribution in [0, 0.1) is 23.7 Å². The third-order valence-electron chi connectivity index (χ3n) is 10.3. The van der Waals surface area contributed by atoms with E-state index in [2.05, 4.69) is 18.2 Å². The second-order valence-electron chi connectivity index (χ2n) is 13.1. The first-order chi connectivity index (χ1) is 18.7. The average molecular weight is 550 g/mol. The zero-order valence-corrected chi connectivity index (χ0v) is 23.6. The first-order valence-corrected chi connectivity index (χ1v) is 16.8. The number of hydrogen-bond donors (Lipinski definition) is 0. The maximum absolute atomic E-state index is 13.2. The summed E-state index contributed by atoms with van der Waals surface area (Å²) in [4.78, 5) is 15.1. The molecule has 8 rings (SSSR count). The van der Waals surface area contributed by atoms with Crippen molar-refractivity contribution in [2.45, 2.75) is 75.2 Å². The SMILES string of the molecule is CS(=O)(=O)Cc1ccc(-c2ccc3c(c2)CCC2(CCN(C(=O)OC4C5CC6CC(C5)CC4C6)CC2)O3)cc1. The number of rotatable bonds is 4. The highest BCUT2D eigenvalue weighted by molar-refractivity contribution is 7.89. The minimum absolute atomic E-state index is 0.0605. The van der Waals surface area contributed by atoms with E-state index in [1.54, 1.807) is 0 Å². The molecule has 2 aliphatic heterocycles. The summed E-state index contributed by atoms with van der Waals surface area (Å²) in [6.07, 6.45) is 11.3. The molecule has 4 bridgehead atoms. The maximum atomic E-state index is 13.2. The summed E-state index contributed by atoms with van der Waals surface area (Å²) in [6.45, 7) is 1.39. The Labute approximate surface area is 232 Å². The first-order valence-electron chi connectivity index (χ1n) is 14.8. The molecule has 0 unspecified atom stereocenters. The Balaban J connectivity index is 0.964. The lowest BCUT2D eigenvalue weighted by atomic mass is 9.55. The van der Waals surface area contributed by atoms with Gasteiger partial charge in [0, 0.05) is 32.2 Å². The molecule has 5 fully saturated rings. The lowest BCUT2D eigenvalue weighted by Gasteiger charge is -2.53. The highest BCUT2D eigenvalue weighted by Gasteiger charge is 2.50. The number of sulfone groups is 1. The van der Waals surface area contributed by atoms with Crippen molar-refractivity contribution in [3.05, 3.63) is 53.6 Å². The number of fused-ring (bicyclic) bond motifs is 1. The van der Waals surface area contributed by atoms with Crippen LogP contribution in [0.5, 0.6) is 5.75 Å². The van der Waals surface area contributed by atoms with E-state index in [-0.39, 0.29) is 23.6 Å². The van der Waals surface area contributed by atoms with Gasteiger partial charge in [-0.05, 0) is 103 Å². The predicted molar refractivity (Wildman–Crippen MR) is 150 cm³/mol. The fourth-order valence-corrected chi connectivity index (χ4v) is 9.30. The summed E-state index contributed by atoms with van der Waals surface area (Å²) in [5, 5.41) is 0. The number of carbonyl (C=O) groups is 1. The quantitative estimate of drug-likeness (QED) is 0.466. The molecule has 7 heteroatoms. The Kier molecular flexibility index (Phi) is 6.22. The second kappa shape index (κ2) is 9.53. The van der Waals surface area contributed by atoms with E-state index in [1.165, 1.54) is 43.9 Å². The molecule has 39 heavy (non-hydrogen) atoms. The van der Waals surface area contributed by atoms with Gasteiger partial charge in [-0.3, -0.25) is 0 Å². The van der Waals surface area contributed by atoms with Crippen molar-refractivity contribution < 1.29 is 22.7 Å². The van der Waals surface area contributed by atoms with Crippen LogP contribution in [0.15, 0.2) is 42.5 Å². The predicted octanol–water partition coefficient (Wildman–Crippen LogP) is 6.02. The number of benzene rings is 2. The van der Waals surface area contributed by atoms with Crippen LogP contribution >= 0.6 is 0 Å². The van der Waals surface area contributed by atoms with Crippen molar-refractivity contribution >= 4 is 15.9 Å². The van der Waals surface area contributed by atoms with E-state index in [0.29, 0.717) is 24.9 Å². The lowest BCUT2D eigenvalue weighted by Crippen LogP contribution is -2.54. The van der Waals surface area contributed by atoms with E-state index in [4.69, 9.17) is 9.47 Å². The minimum Gasteiger partial charge on any atom is -0.487 e. The van der Waals surface area contributed by atoms with Gasteiger partial charge in [0.05, 0.1) is 5.75 Å². The molecule has 6 nitrogen and oxygen atoms in total. The topological polar surface area (TPSA) is 72.9 Å². The van der Waals surface area contributed by atoms with Crippen molar-refractivity contribution in [2.24, 2.45) is 23.7 Å². The van der Waals surface area contributed by atoms with Crippen molar-refractivity contribution in [2.75, 3.05) is 19.3 Å². The highest BCUT2D eigenvalue weighted by atomic mass is 32.2. The minimum atomic E-state index is -3.04. The van der Waals surface area contributed by atoms with Crippen molar-refractivity contribution in [3.8, 4) is 16.9 Å². The number of ether oxygens (including phenoxy) is 2. The van der Waals surface area contributed by atoms with E-state index in [1.807, 2.05) is 29.2 Å². The third kappa shape index (κ3) is 5.07. The van der Waals surface area contributed by atoms with Crippen LogP contribution in [0.4, 0.5) is 4.79 Å². The van der Waals surface area contributed by atoms with Gasteiger partial charge in [0.15, 0.2) is 9.84 Å².